The number of nitrogens with zero attached hydrogens (tertiary/aromatic N) is 1. The molecule has 0 fully saturated rings. The van der Waals surface area contributed by atoms with Gasteiger partial charge < -0.3 is 5.73 Å². The van der Waals surface area contributed by atoms with E-state index in [0.29, 0.717) is 0 Å². The molecule has 0 spiro atoms. The van der Waals surface area contributed by atoms with Crippen LogP contribution in [0, 0.1) is 6.92 Å². The van der Waals surface area contributed by atoms with Gasteiger partial charge in [-0.25, -0.2) is 4.98 Å². The molecule has 1 heterocycles. The molecule has 0 radical (unpaired) electrons. The Balaban J connectivity index is 2.20. The maximum atomic E-state index is 5.82. The number of benzene rings is 1. The molecule has 0 amide bonds. The van der Waals surface area contributed by atoms with Crippen molar-refractivity contribution in [3.8, 4) is 0 Å². The fourth-order valence-electron chi connectivity index (χ4n) is 1.23. The molecule has 0 saturated heterocycles. The second-order valence-electron chi connectivity index (χ2n) is 3.38. The van der Waals surface area contributed by atoms with E-state index in [0.717, 1.165) is 26.3 Å². The van der Waals surface area contributed by atoms with Gasteiger partial charge in [0.25, 0.3) is 0 Å². The quantitative estimate of drug-likeness (QED) is 0.882. The number of halogens is 1. The number of rotatable bonds is 2. The highest BCUT2D eigenvalue weighted by Gasteiger charge is 2.01. The predicted octanol–water partition coefficient (Wildman–Crippen LogP) is 3.78. The van der Waals surface area contributed by atoms with Gasteiger partial charge in [0.1, 0.15) is 5.03 Å². The molecule has 0 aliphatic rings. The van der Waals surface area contributed by atoms with Crippen LogP contribution in [0.25, 0.3) is 0 Å². The van der Waals surface area contributed by atoms with Crippen molar-refractivity contribution in [2.24, 2.45) is 0 Å². The number of aromatic nitrogens is 1. The van der Waals surface area contributed by atoms with E-state index >= 15 is 0 Å². The van der Waals surface area contributed by atoms with Crippen molar-refractivity contribution in [3.05, 3.63) is 47.1 Å². The van der Waals surface area contributed by atoms with Gasteiger partial charge in [0.15, 0.2) is 0 Å². The summed E-state index contributed by atoms with van der Waals surface area (Å²) in [6.07, 6.45) is 0. The largest absolute Gasteiger partial charge is 0.397 e. The average Bonchev–Trinajstić information content (AvgIpc) is 2.27. The van der Waals surface area contributed by atoms with E-state index in [4.69, 9.17) is 17.3 Å². The number of nitrogen functional groups attached to an aromatic ring is 1. The van der Waals surface area contributed by atoms with E-state index in [1.54, 1.807) is 11.8 Å². The first-order valence-electron chi connectivity index (χ1n) is 4.82. The van der Waals surface area contributed by atoms with Crippen molar-refractivity contribution >= 4 is 29.1 Å². The highest BCUT2D eigenvalue weighted by Crippen LogP contribution is 2.28. The normalized spacial score (nSPS) is 10.4. The Morgan fingerprint density at radius 3 is 2.44 bits per heavy atom. The lowest BCUT2D eigenvalue weighted by Crippen LogP contribution is -1.93. The highest BCUT2D eigenvalue weighted by molar-refractivity contribution is 7.99. The summed E-state index contributed by atoms with van der Waals surface area (Å²) in [6, 6.07) is 11.5. The maximum absolute atomic E-state index is 5.82. The zero-order valence-electron chi connectivity index (χ0n) is 8.77. The van der Waals surface area contributed by atoms with Crippen molar-refractivity contribution in [2.45, 2.75) is 16.8 Å². The molecule has 0 unspecified atom stereocenters. The van der Waals surface area contributed by atoms with Crippen LogP contribution in [-0.4, -0.2) is 4.98 Å². The molecule has 2 rings (SSSR count). The summed E-state index contributed by atoms with van der Waals surface area (Å²) in [5.74, 6) is 0. The Bertz CT molecular complexity index is 497. The summed E-state index contributed by atoms with van der Waals surface area (Å²) in [4.78, 5) is 5.51. The van der Waals surface area contributed by atoms with Crippen molar-refractivity contribution in [1.29, 1.82) is 0 Å². The molecule has 1 aromatic heterocycles. The molecule has 4 heteroatoms. The Hall–Kier alpha value is -1.19. The summed E-state index contributed by atoms with van der Waals surface area (Å²) in [5.41, 5.74) is 7.30. The smallest absolute Gasteiger partial charge is 0.101 e. The summed E-state index contributed by atoms with van der Waals surface area (Å²) >= 11 is 7.41. The second kappa shape index (κ2) is 4.76. The Morgan fingerprint density at radius 1 is 1.12 bits per heavy atom. The van der Waals surface area contributed by atoms with Gasteiger partial charge in [-0.3, -0.25) is 0 Å². The van der Waals surface area contributed by atoms with Gasteiger partial charge >= 0.3 is 0 Å². The Labute approximate surface area is 104 Å². The third-order valence-corrected chi connectivity index (χ3v) is 3.33. The SMILES string of the molecule is Cc1nc(Sc2ccc(Cl)cc2)ccc1N. The van der Waals surface area contributed by atoms with Crippen molar-refractivity contribution in [2.75, 3.05) is 5.73 Å². The minimum absolute atomic E-state index is 0.723. The van der Waals surface area contributed by atoms with Crippen LogP contribution >= 0.6 is 23.4 Å². The highest BCUT2D eigenvalue weighted by atomic mass is 35.5. The number of hydrogen-bond donors (Lipinski definition) is 1. The van der Waals surface area contributed by atoms with Crippen LogP contribution in [0.2, 0.25) is 5.02 Å². The third kappa shape index (κ3) is 2.68. The number of pyridine rings is 1. The lowest BCUT2D eigenvalue weighted by atomic mass is 10.3. The minimum Gasteiger partial charge on any atom is -0.397 e. The van der Waals surface area contributed by atoms with E-state index in [1.807, 2.05) is 43.3 Å². The fourth-order valence-corrected chi connectivity index (χ4v) is 2.19. The van der Waals surface area contributed by atoms with E-state index < -0.39 is 0 Å². The molecule has 16 heavy (non-hydrogen) atoms. The molecule has 0 aliphatic heterocycles. The molecule has 0 bridgehead atoms. The van der Waals surface area contributed by atoms with E-state index in [1.165, 1.54) is 0 Å². The van der Waals surface area contributed by atoms with Gasteiger partial charge in [-0.15, -0.1) is 0 Å². The number of anilines is 1. The van der Waals surface area contributed by atoms with E-state index in [2.05, 4.69) is 4.98 Å². The molecule has 0 aliphatic carbocycles. The zero-order chi connectivity index (χ0) is 11.5. The lowest BCUT2D eigenvalue weighted by Gasteiger charge is -2.04. The van der Waals surface area contributed by atoms with Gasteiger partial charge in [0.05, 0.1) is 11.4 Å². The van der Waals surface area contributed by atoms with Crippen LogP contribution < -0.4 is 5.73 Å². The van der Waals surface area contributed by atoms with Gasteiger partial charge in [0, 0.05) is 9.92 Å². The Morgan fingerprint density at radius 2 is 1.81 bits per heavy atom. The Kier molecular flexibility index (Phi) is 3.36. The standard InChI is InChI=1S/C12H11ClN2S/c1-8-11(14)6-7-12(15-8)16-10-4-2-9(13)3-5-10/h2-7H,14H2,1H3. The summed E-state index contributed by atoms with van der Waals surface area (Å²) in [5, 5.41) is 1.68. The van der Waals surface area contributed by atoms with E-state index in [-0.39, 0.29) is 0 Å². The third-order valence-electron chi connectivity index (χ3n) is 2.14. The van der Waals surface area contributed by atoms with Gasteiger partial charge in [0.2, 0.25) is 0 Å². The molecular weight excluding hydrogens is 240 g/mol. The van der Waals surface area contributed by atoms with Crippen LogP contribution in [0.5, 0.6) is 0 Å². The van der Waals surface area contributed by atoms with Crippen LogP contribution in [-0.2, 0) is 0 Å². The minimum atomic E-state index is 0.723. The number of hydrogen-bond acceptors (Lipinski definition) is 3. The van der Waals surface area contributed by atoms with Gasteiger partial charge in [-0.05, 0) is 43.3 Å². The van der Waals surface area contributed by atoms with Crippen LogP contribution in [0.1, 0.15) is 5.69 Å². The fraction of sp³-hybridized carbons (Fsp3) is 0.0833. The first kappa shape index (κ1) is 11.3. The molecule has 2 N–H and O–H groups in total. The number of aryl methyl sites for hydroxylation is 1. The average molecular weight is 251 g/mol. The van der Waals surface area contributed by atoms with Crippen molar-refractivity contribution in [1.82, 2.24) is 4.98 Å². The molecular formula is C12H11ClN2S. The zero-order valence-corrected chi connectivity index (χ0v) is 10.3. The van der Waals surface area contributed by atoms with Crippen LogP contribution in [0.15, 0.2) is 46.3 Å². The summed E-state index contributed by atoms with van der Waals surface area (Å²) in [7, 11) is 0. The van der Waals surface area contributed by atoms with Crippen LogP contribution in [0.4, 0.5) is 5.69 Å². The maximum Gasteiger partial charge on any atom is 0.101 e. The van der Waals surface area contributed by atoms with Gasteiger partial charge in [-0.2, -0.15) is 0 Å². The molecule has 0 saturated carbocycles. The molecule has 1 aromatic carbocycles. The monoisotopic (exact) mass is 250 g/mol. The lowest BCUT2D eigenvalue weighted by molar-refractivity contribution is 1.07. The van der Waals surface area contributed by atoms with Crippen molar-refractivity contribution < 1.29 is 0 Å². The summed E-state index contributed by atoms with van der Waals surface area (Å²) in [6.45, 7) is 1.90. The first-order valence-corrected chi connectivity index (χ1v) is 6.01. The predicted molar refractivity (Wildman–Crippen MR) is 69.0 cm³/mol. The topological polar surface area (TPSA) is 38.9 Å². The van der Waals surface area contributed by atoms with Crippen LogP contribution in [0.3, 0.4) is 0 Å². The van der Waals surface area contributed by atoms with Crippen molar-refractivity contribution in [3.63, 3.8) is 0 Å². The molecule has 0 atom stereocenters. The summed E-state index contributed by atoms with van der Waals surface area (Å²) < 4.78 is 0. The molecule has 2 aromatic rings. The molecule has 82 valence electrons. The molecule has 2 nitrogen and oxygen atoms in total. The van der Waals surface area contributed by atoms with Gasteiger partial charge in [-0.1, -0.05) is 23.4 Å². The second-order valence-corrected chi connectivity index (χ2v) is 4.91. The first-order chi connectivity index (χ1) is 7.65. The van der Waals surface area contributed by atoms with E-state index in [9.17, 15) is 0 Å². The number of nitrogens with two attached hydrogens (primary N) is 1.